The van der Waals surface area contributed by atoms with Gasteiger partial charge >= 0.3 is 0 Å². The van der Waals surface area contributed by atoms with Gasteiger partial charge in [-0.25, -0.2) is 4.39 Å². The Balaban J connectivity index is 2.09. The molecule has 94 valence electrons. The Bertz CT molecular complexity index is 543. The molecular formula is C14H12BrFO2. The second-order valence-electron chi connectivity index (χ2n) is 3.68. The molecule has 0 N–H and O–H groups in total. The smallest absolute Gasteiger partial charge is 0.136 e. The molecule has 0 bridgehead atoms. The van der Waals surface area contributed by atoms with Crippen LogP contribution in [0.1, 0.15) is 5.56 Å². The highest BCUT2D eigenvalue weighted by atomic mass is 79.9. The van der Waals surface area contributed by atoms with Crippen LogP contribution in [0.15, 0.2) is 46.9 Å². The lowest BCUT2D eigenvalue weighted by Crippen LogP contribution is -1.98. The van der Waals surface area contributed by atoms with Crippen LogP contribution in [0.5, 0.6) is 11.5 Å². The summed E-state index contributed by atoms with van der Waals surface area (Å²) in [5.41, 5.74) is 0.527. The summed E-state index contributed by atoms with van der Waals surface area (Å²) in [7, 11) is 1.58. The molecule has 4 heteroatoms. The van der Waals surface area contributed by atoms with Gasteiger partial charge in [-0.15, -0.1) is 0 Å². The molecule has 18 heavy (non-hydrogen) atoms. The number of ether oxygens (including phenoxy) is 2. The Hall–Kier alpha value is -1.55. The summed E-state index contributed by atoms with van der Waals surface area (Å²) in [6, 6.07) is 11.9. The number of benzene rings is 2. The molecular weight excluding hydrogens is 299 g/mol. The summed E-state index contributed by atoms with van der Waals surface area (Å²) in [6.45, 7) is 0.192. The van der Waals surface area contributed by atoms with E-state index in [0.29, 0.717) is 17.1 Å². The Morgan fingerprint density at radius 3 is 2.67 bits per heavy atom. The van der Waals surface area contributed by atoms with Crippen LogP contribution in [0.3, 0.4) is 0 Å². The zero-order valence-corrected chi connectivity index (χ0v) is 11.4. The van der Waals surface area contributed by atoms with E-state index in [1.54, 1.807) is 37.4 Å². The first-order chi connectivity index (χ1) is 8.70. The summed E-state index contributed by atoms with van der Waals surface area (Å²) in [6.07, 6.45) is 0. The van der Waals surface area contributed by atoms with Crippen molar-refractivity contribution in [2.24, 2.45) is 0 Å². The predicted octanol–water partition coefficient (Wildman–Crippen LogP) is 4.18. The molecule has 2 rings (SSSR count). The third-order valence-corrected chi connectivity index (χ3v) is 3.13. The Kier molecular flexibility index (Phi) is 4.20. The molecule has 0 heterocycles. The minimum atomic E-state index is -0.262. The molecule has 0 aliphatic carbocycles. The van der Waals surface area contributed by atoms with Crippen molar-refractivity contribution in [2.45, 2.75) is 6.61 Å². The first-order valence-electron chi connectivity index (χ1n) is 5.40. The summed E-state index contributed by atoms with van der Waals surface area (Å²) in [5, 5.41) is 0. The Morgan fingerprint density at radius 2 is 1.94 bits per heavy atom. The number of hydrogen-bond donors (Lipinski definition) is 0. The standard InChI is InChI=1S/C14H12BrFO2/c1-17-14-8-11(6-7-12(14)15)18-9-10-4-2-3-5-13(10)16/h2-8H,9H2,1H3. The largest absolute Gasteiger partial charge is 0.495 e. The molecule has 0 atom stereocenters. The molecule has 2 aromatic rings. The highest BCUT2D eigenvalue weighted by molar-refractivity contribution is 9.10. The number of rotatable bonds is 4. The second-order valence-corrected chi connectivity index (χ2v) is 4.53. The normalized spacial score (nSPS) is 10.2. The van der Waals surface area contributed by atoms with Gasteiger partial charge in [0, 0.05) is 11.6 Å². The highest BCUT2D eigenvalue weighted by Crippen LogP contribution is 2.29. The van der Waals surface area contributed by atoms with E-state index in [1.807, 2.05) is 6.07 Å². The number of hydrogen-bond acceptors (Lipinski definition) is 2. The minimum Gasteiger partial charge on any atom is -0.495 e. The van der Waals surface area contributed by atoms with Gasteiger partial charge < -0.3 is 9.47 Å². The van der Waals surface area contributed by atoms with E-state index in [0.717, 1.165) is 4.47 Å². The molecule has 0 unspecified atom stereocenters. The molecule has 0 spiro atoms. The van der Waals surface area contributed by atoms with E-state index in [4.69, 9.17) is 9.47 Å². The summed E-state index contributed by atoms with van der Waals surface area (Å²) >= 11 is 3.36. The van der Waals surface area contributed by atoms with Crippen LogP contribution in [-0.2, 0) is 6.61 Å². The lowest BCUT2D eigenvalue weighted by atomic mass is 10.2. The van der Waals surface area contributed by atoms with Crippen molar-refractivity contribution in [1.82, 2.24) is 0 Å². The second kappa shape index (κ2) is 5.87. The fourth-order valence-electron chi connectivity index (χ4n) is 1.51. The van der Waals surface area contributed by atoms with Gasteiger partial charge in [-0.1, -0.05) is 18.2 Å². The van der Waals surface area contributed by atoms with Crippen LogP contribution in [0, 0.1) is 5.82 Å². The molecule has 0 radical (unpaired) electrons. The molecule has 0 saturated heterocycles. The highest BCUT2D eigenvalue weighted by Gasteiger charge is 2.04. The third kappa shape index (κ3) is 3.01. The minimum absolute atomic E-state index is 0.192. The summed E-state index contributed by atoms with van der Waals surface area (Å²) in [5.74, 6) is 1.06. The molecule has 0 aliphatic heterocycles. The fourth-order valence-corrected chi connectivity index (χ4v) is 1.91. The quantitative estimate of drug-likeness (QED) is 0.843. The topological polar surface area (TPSA) is 18.5 Å². The van der Waals surface area contributed by atoms with Crippen molar-refractivity contribution in [3.8, 4) is 11.5 Å². The van der Waals surface area contributed by atoms with Crippen molar-refractivity contribution >= 4 is 15.9 Å². The fraction of sp³-hybridized carbons (Fsp3) is 0.143. The molecule has 2 aromatic carbocycles. The lowest BCUT2D eigenvalue weighted by molar-refractivity contribution is 0.297. The Labute approximate surface area is 113 Å². The van der Waals surface area contributed by atoms with Crippen LogP contribution in [0.2, 0.25) is 0 Å². The van der Waals surface area contributed by atoms with Gasteiger partial charge in [0.1, 0.15) is 23.9 Å². The van der Waals surface area contributed by atoms with Gasteiger partial charge in [-0.3, -0.25) is 0 Å². The average Bonchev–Trinajstić information content (AvgIpc) is 2.39. The van der Waals surface area contributed by atoms with E-state index in [1.165, 1.54) is 6.07 Å². The van der Waals surface area contributed by atoms with E-state index in [9.17, 15) is 4.39 Å². The van der Waals surface area contributed by atoms with E-state index in [2.05, 4.69) is 15.9 Å². The maximum atomic E-state index is 13.4. The molecule has 2 nitrogen and oxygen atoms in total. The molecule has 0 aliphatic rings. The van der Waals surface area contributed by atoms with Gasteiger partial charge in [-0.05, 0) is 34.1 Å². The van der Waals surface area contributed by atoms with Crippen LogP contribution in [-0.4, -0.2) is 7.11 Å². The summed E-state index contributed by atoms with van der Waals surface area (Å²) < 4.78 is 24.9. The summed E-state index contributed by atoms with van der Waals surface area (Å²) in [4.78, 5) is 0. The molecule has 0 aromatic heterocycles. The number of methoxy groups -OCH3 is 1. The maximum Gasteiger partial charge on any atom is 0.136 e. The van der Waals surface area contributed by atoms with E-state index in [-0.39, 0.29) is 12.4 Å². The van der Waals surface area contributed by atoms with Crippen molar-refractivity contribution < 1.29 is 13.9 Å². The van der Waals surface area contributed by atoms with Gasteiger partial charge in [0.15, 0.2) is 0 Å². The van der Waals surface area contributed by atoms with E-state index >= 15 is 0 Å². The first kappa shape index (κ1) is 12.9. The first-order valence-corrected chi connectivity index (χ1v) is 6.20. The zero-order valence-electron chi connectivity index (χ0n) is 9.82. The average molecular weight is 311 g/mol. The van der Waals surface area contributed by atoms with Crippen LogP contribution in [0.25, 0.3) is 0 Å². The van der Waals surface area contributed by atoms with Crippen LogP contribution < -0.4 is 9.47 Å². The van der Waals surface area contributed by atoms with Crippen molar-refractivity contribution in [1.29, 1.82) is 0 Å². The molecule has 0 amide bonds. The maximum absolute atomic E-state index is 13.4. The zero-order chi connectivity index (χ0) is 13.0. The van der Waals surface area contributed by atoms with Gasteiger partial charge in [0.2, 0.25) is 0 Å². The van der Waals surface area contributed by atoms with Crippen LogP contribution in [0.4, 0.5) is 4.39 Å². The predicted molar refractivity (Wildman–Crippen MR) is 71.4 cm³/mol. The lowest BCUT2D eigenvalue weighted by Gasteiger charge is -2.09. The van der Waals surface area contributed by atoms with Crippen molar-refractivity contribution in [2.75, 3.05) is 7.11 Å². The number of halogens is 2. The van der Waals surface area contributed by atoms with Crippen molar-refractivity contribution in [3.63, 3.8) is 0 Å². The van der Waals surface area contributed by atoms with Gasteiger partial charge in [0.25, 0.3) is 0 Å². The molecule has 0 fully saturated rings. The van der Waals surface area contributed by atoms with Gasteiger partial charge in [-0.2, -0.15) is 0 Å². The SMILES string of the molecule is COc1cc(OCc2ccccc2F)ccc1Br. The van der Waals surface area contributed by atoms with Crippen molar-refractivity contribution in [3.05, 3.63) is 58.3 Å². The Morgan fingerprint density at radius 1 is 1.17 bits per heavy atom. The van der Waals surface area contributed by atoms with Gasteiger partial charge in [0.05, 0.1) is 11.6 Å². The molecule has 0 saturated carbocycles. The monoisotopic (exact) mass is 310 g/mol. The van der Waals surface area contributed by atoms with Crippen LogP contribution >= 0.6 is 15.9 Å². The van der Waals surface area contributed by atoms with E-state index < -0.39 is 0 Å². The third-order valence-electron chi connectivity index (χ3n) is 2.47.